The Balaban J connectivity index is -0.0000000200. The van der Waals surface area contributed by atoms with Crippen LogP contribution in [-0.4, -0.2) is 37.7 Å². The van der Waals surface area contributed by atoms with Gasteiger partial charge in [-0.2, -0.15) is 0 Å². The monoisotopic (exact) mass is 56.1 g/mol. The van der Waals surface area contributed by atoms with E-state index in [1.54, 1.807) is 6.08 Å². The van der Waals surface area contributed by atoms with Crippen LogP contribution in [0, 0.1) is 0 Å². The van der Waals surface area contributed by atoms with Gasteiger partial charge in [-0.05, 0) is 6.92 Å². The molecular formula is C3H6Li2. The first-order valence-electron chi connectivity index (χ1n) is 0.986. The standard InChI is InChI=1S/C3H6.2Li/c1-3-2;;/h3H,1H2,2H3;;. The third-order valence-electron chi connectivity index (χ3n) is 0. The second kappa shape index (κ2) is 20.4. The minimum Gasteiger partial charge on any atom is -0.103 e. The van der Waals surface area contributed by atoms with E-state index >= 15 is 0 Å². The van der Waals surface area contributed by atoms with Crippen LogP contribution in [-0.2, 0) is 0 Å². The van der Waals surface area contributed by atoms with Crippen LogP contribution in [0.1, 0.15) is 6.92 Å². The van der Waals surface area contributed by atoms with Crippen molar-refractivity contribution in [3.8, 4) is 0 Å². The SMILES string of the molecule is C=CC.[Li].[Li]. The molecule has 0 aliphatic heterocycles. The summed E-state index contributed by atoms with van der Waals surface area (Å²) in [6, 6.07) is 0. The Hall–Kier alpha value is 0.935. The molecule has 0 heterocycles. The second-order valence-electron chi connectivity index (χ2n) is 0.408. The fourth-order valence-electron chi connectivity index (χ4n) is 0. The molecular weight excluding hydrogens is 49.9 g/mol. The van der Waals surface area contributed by atoms with Gasteiger partial charge in [0.15, 0.2) is 0 Å². The summed E-state index contributed by atoms with van der Waals surface area (Å²) in [6.45, 7) is 5.25. The van der Waals surface area contributed by atoms with Crippen LogP contribution < -0.4 is 0 Å². The molecule has 0 fully saturated rings. The molecule has 0 unspecified atom stereocenters. The zero-order valence-electron chi connectivity index (χ0n) is 4.28. The third-order valence-corrected chi connectivity index (χ3v) is 0. The van der Waals surface area contributed by atoms with Gasteiger partial charge in [-0.25, -0.2) is 0 Å². The molecule has 0 saturated heterocycles. The number of hydrogen-bond acceptors (Lipinski definition) is 0. The molecule has 0 saturated carbocycles. The number of allylic oxidation sites excluding steroid dienone is 1. The Morgan fingerprint density at radius 3 is 1.40 bits per heavy atom. The van der Waals surface area contributed by atoms with Gasteiger partial charge in [-0.1, -0.05) is 6.08 Å². The van der Waals surface area contributed by atoms with Crippen LogP contribution in [0.5, 0.6) is 0 Å². The molecule has 0 atom stereocenters. The molecule has 0 nitrogen and oxygen atoms in total. The first-order chi connectivity index (χ1) is 1.41. The van der Waals surface area contributed by atoms with Crippen LogP contribution in [0.3, 0.4) is 0 Å². The van der Waals surface area contributed by atoms with Gasteiger partial charge in [-0.3, -0.25) is 0 Å². The van der Waals surface area contributed by atoms with Crippen LogP contribution >= 0.6 is 0 Å². The molecule has 0 aromatic carbocycles. The van der Waals surface area contributed by atoms with E-state index in [0.29, 0.717) is 0 Å². The van der Waals surface area contributed by atoms with E-state index < -0.39 is 0 Å². The summed E-state index contributed by atoms with van der Waals surface area (Å²) < 4.78 is 0. The van der Waals surface area contributed by atoms with Crippen molar-refractivity contribution in [3.05, 3.63) is 12.7 Å². The number of hydrogen-bond donors (Lipinski definition) is 0. The maximum Gasteiger partial charge on any atom is 0 e. The van der Waals surface area contributed by atoms with E-state index in [4.69, 9.17) is 0 Å². The van der Waals surface area contributed by atoms with Crippen molar-refractivity contribution in [1.82, 2.24) is 0 Å². The fourth-order valence-corrected chi connectivity index (χ4v) is 0. The van der Waals surface area contributed by atoms with E-state index in [9.17, 15) is 0 Å². The molecule has 0 aliphatic rings. The van der Waals surface area contributed by atoms with Crippen molar-refractivity contribution >= 4 is 37.7 Å². The van der Waals surface area contributed by atoms with Gasteiger partial charge in [0.05, 0.1) is 0 Å². The largest absolute Gasteiger partial charge is 0.103 e. The zero-order chi connectivity index (χ0) is 2.71. The van der Waals surface area contributed by atoms with Crippen molar-refractivity contribution in [1.29, 1.82) is 0 Å². The minimum atomic E-state index is 0. The molecule has 0 aromatic heterocycles. The third kappa shape index (κ3) is 48.6. The van der Waals surface area contributed by atoms with Gasteiger partial charge in [0, 0.05) is 37.7 Å². The summed E-state index contributed by atoms with van der Waals surface area (Å²) in [6.07, 6.45) is 1.75. The minimum absolute atomic E-state index is 0. The molecule has 0 bridgehead atoms. The first kappa shape index (κ1) is 16.8. The molecule has 2 heteroatoms. The average Bonchev–Trinajstić information content (AvgIpc) is 0.918. The quantitative estimate of drug-likeness (QED) is 0.279. The normalized spacial score (nSPS) is 2.60. The predicted octanol–water partition coefficient (Wildman–Crippen LogP) is 0.431. The molecule has 20 valence electrons. The molecule has 0 aliphatic carbocycles. The van der Waals surface area contributed by atoms with E-state index in [2.05, 4.69) is 6.58 Å². The average molecular weight is 56.0 g/mol. The van der Waals surface area contributed by atoms with Gasteiger partial charge >= 0.3 is 0 Å². The molecule has 5 heavy (non-hydrogen) atoms. The predicted molar refractivity (Wildman–Crippen MR) is 27.4 cm³/mol. The summed E-state index contributed by atoms with van der Waals surface area (Å²) in [7, 11) is 0. The Morgan fingerprint density at radius 2 is 1.40 bits per heavy atom. The maximum atomic E-state index is 3.36. The smallest absolute Gasteiger partial charge is 0 e. The van der Waals surface area contributed by atoms with E-state index in [0.717, 1.165) is 0 Å². The van der Waals surface area contributed by atoms with Crippen molar-refractivity contribution in [2.24, 2.45) is 0 Å². The molecule has 0 aromatic rings. The van der Waals surface area contributed by atoms with Crippen molar-refractivity contribution in [2.45, 2.75) is 6.92 Å². The van der Waals surface area contributed by atoms with E-state index in [-0.39, 0.29) is 37.7 Å². The van der Waals surface area contributed by atoms with Crippen molar-refractivity contribution in [3.63, 3.8) is 0 Å². The van der Waals surface area contributed by atoms with E-state index in [1.165, 1.54) is 0 Å². The van der Waals surface area contributed by atoms with Gasteiger partial charge in [0.2, 0.25) is 0 Å². The second-order valence-corrected chi connectivity index (χ2v) is 0.408. The van der Waals surface area contributed by atoms with E-state index in [1.807, 2.05) is 6.92 Å². The molecule has 0 N–H and O–H groups in total. The van der Waals surface area contributed by atoms with Gasteiger partial charge in [0.25, 0.3) is 0 Å². The maximum absolute atomic E-state index is 3.36. The van der Waals surface area contributed by atoms with Crippen molar-refractivity contribution < 1.29 is 0 Å². The molecule has 0 amide bonds. The Bertz CT molecular complexity index is 12.4. The Morgan fingerprint density at radius 1 is 1.40 bits per heavy atom. The summed E-state index contributed by atoms with van der Waals surface area (Å²) >= 11 is 0. The Kier molecular flexibility index (Phi) is 68.5. The van der Waals surface area contributed by atoms with Crippen LogP contribution in [0.2, 0.25) is 0 Å². The molecule has 2 radical (unpaired) electrons. The van der Waals surface area contributed by atoms with Crippen LogP contribution in [0.25, 0.3) is 0 Å². The van der Waals surface area contributed by atoms with Crippen molar-refractivity contribution in [2.75, 3.05) is 0 Å². The molecule has 0 rings (SSSR count). The summed E-state index contributed by atoms with van der Waals surface area (Å²) in [4.78, 5) is 0. The van der Waals surface area contributed by atoms with Gasteiger partial charge < -0.3 is 0 Å². The summed E-state index contributed by atoms with van der Waals surface area (Å²) in [5.41, 5.74) is 0. The van der Waals surface area contributed by atoms with Gasteiger partial charge in [-0.15, -0.1) is 6.58 Å². The van der Waals surface area contributed by atoms with Crippen LogP contribution in [0.4, 0.5) is 0 Å². The number of rotatable bonds is 0. The Labute approximate surface area is 57.4 Å². The summed E-state index contributed by atoms with van der Waals surface area (Å²) in [5, 5.41) is 0. The van der Waals surface area contributed by atoms with Crippen LogP contribution in [0.15, 0.2) is 12.7 Å². The van der Waals surface area contributed by atoms with Gasteiger partial charge in [0.1, 0.15) is 0 Å². The summed E-state index contributed by atoms with van der Waals surface area (Å²) in [5.74, 6) is 0. The first-order valence-corrected chi connectivity index (χ1v) is 0.986. The zero-order valence-corrected chi connectivity index (χ0v) is 4.28. The topological polar surface area (TPSA) is 0 Å². The molecule has 0 spiro atoms. The fraction of sp³-hybridized carbons (Fsp3) is 0.333.